The summed E-state index contributed by atoms with van der Waals surface area (Å²) < 4.78 is 13.0. The van der Waals surface area contributed by atoms with Crippen molar-refractivity contribution in [2.75, 3.05) is 26.2 Å². The van der Waals surface area contributed by atoms with Gasteiger partial charge in [0.2, 0.25) is 5.91 Å². The van der Waals surface area contributed by atoms with E-state index in [9.17, 15) is 14.3 Å². The number of carbonyl (C=O) groups is 1. The summed E-state index contributed by atoms with van der Waals surface area (Å²) in [5.74, 6) is 0.553. The molecule has 6 nitrogen and oxygen atoms in total. The van der Waals surface area contributed by atoms with E-state index in [4.69, 9.17) is 0 Å². The van der Waals surface area contributed by atoms with Gasteiger partial charge in [-0.3, -0.25) is 9.79 Å². The number of rotatable bonds is 6. The number of hydrogen-bond acceptors (Lipinski definition) is 3. The highest BCUT2D eigenvalue weighted by atomic mass is 127. The Labute approximate surface area is 184 Å². The van der Waals surface area contributed by atoms with Crippen molar-refractivity contribution < 1.29 is 14.3 Å². The number of aliphatic hydroxyl groups excluding tert-OH is 1. The van der Waals surface area contributed by atoms with Crippen molar-refractivity contribution in [1.29, 1.82) is 0 Å². The molecule has 8 heteroatoms. The van der Waals surface area contributed by atoms with Crippen molar-refractivity contribution >= 4 is 35.8 Å². The van der Waals surface area contributed by atoms with E-state index >= 15 is 0 Å². The standard InChI is InChI=1S/C20H31FN4O2.HI/c1-4-22-20(23-13-18(26)15-5-7-16(21)8-6-15)24-17-9-11-25(12-10-17)19(27)14(2)3;/h5-8,14,17-18,26H,4,9-13H2,1-3H3,(H2,22,23,24);1H. The topological polar surface area (TPSA) is 77.0 Å². The minimum Gasteiger partial charge on any atom is -0.386 e. The van der Waals surface area contributed by atoms with Gasteiger partial charge in [0.1, 0.15) is 5.82 Å². The molecule has 0 aromatic heterocycles. The average molecular weight is 506 g/mol. The second-order valence-corrected chi connectivity index (χ2v) is 7.19. The molecule has 1 aromatic carbocycles. The summed E-state index contributed by atoms with van der Waals surface area (Å²) in [6.45, 7) is 8.22. The van der Waals surface area contributed by atoms with Gasteiger partial charge in [-0.1, -0.05) is 26.0 Å². The van der Waals surface area contributed by atoms with Crippen molar-refractivity contribution in [3.05, 3.63) is 35.6 Å². The van der Waals surface area contributed by atoms with E-state index in [1.165, 1.54) is 12.1 Å². The minimum absolute atomic E-state index is 0. The predicted octanol–water partition coefficient (Wildman–Crippen LogP) is 2.68. The fraction of sp³-hybridized carbons (Fsp3) is 0.600. The highest BCUT2D eigenvalue weighted by Gasteiger charge is 2.24. The molecule has 1 fully saturated rings. The highest BCUT2D eigenvalue weighted by molar-refractivity contribution is 14.0. The van der Waals surface area contributed by atoms with Gasteiger partial charge in [-0.05, 0) is 37.5 Å². The fourth-order valence-corrected chi connectivity index (χ4v) is 3.09. The van der Waals surface area contributed by atoms with E-state index in [-0.39, 0.29) is 54.2 Å². The lowest BCUT2D eigenvalue weighted by atomic mass is 10.0. The zero-order valence-corrected chi connectivity index (χ0v) is 19.2. The van der Waals surface area contributed by atoms with Gasteiger partial charge in [-0.15, -0.1) is 24.0 Å². The van der Waals surface area contributed by atoms with Gasteiger partial charge in [0.15, 0.2) is 5.96 Å². The maximum absolute atomic E-state index is 13.0. The monoisotopic (exact) mass is 506 g/mol. The number of benzene rings is 1. The summed E-state index contributed by atoms with van der Waals surface area (Å²) in [4.78, 5) is 18.5. The van der Waals surface area contributed by atoms with Gasteiger partial charge in [0.25, 0.3) is 0 Å². The molecule has 1 amide bonds. The molecule has 158 valence electrons. The Kier molecular flexibility index (Phi) is 10.7. The molecule has 1 aliphatic rings. The van der Waals surface area contributed by atoms with Gasteiger partial charge >= 0.3 is 0 Å². The van der Waals surface area contributed by atoms with Crippen molar-refractivity contribution in [2.24, 2.45) is 10.9 Å². The number of aliphatic imine (C=N–C) groups is 1. The van der Waals surface area contributed by atoms with Gasteiger partial charge in [-0.2, -0.15) is 0 Å². The second-order valence-electron chi connectivity index (χ2n) is 7.19. The van der Waals surface area contributed by atoms with E-state index in [0.717, 1.165) is 25.9 Å². The average Bonchev–Trinajstić information content (AvgIpc) is 2.66. The summed E-state index contributed by atoms with van der Waals surface area (Å²) in [5, 5.41) is 16.8. The van der Waals surface area contributed by atoms with Crippen LogP contribution in [0, 0.1) is 11.7 Å². The van der Waals surface area contributed by atoms with Gasteiger partial charge in [-0.25, -0.2) is 4.39 Å². The quantitative estimate of drug-likeness (QED) is 0.315. The van der Waals surface area contributed by atoms with Crippen LogP contribution in [0.4, 0.5) is 4.39 Å². The van der Waals surface area contributed by atoms with Crippen LogP contribution in [0.3, 0.4) is 0 Å². The maximum atomic E-state index is 13.0. The smallest absolute Gasteiger partial charge is 0.225 e. The van der Waals surface area contributed by atoms with E-state index in [2.05, 4.69) is 15.6 Å². The Morgan fingerprint density at radius 1 is 1.29 bits per heavy atom. The molecule has 0 radical (unpaired) electrons. The largest absolute Gasteiger partial charge is 0.386 e. The highest BCUT2D eigenvalue weighted by Crippen LogP contribution is 2.15. The molecule has 2 rings (SSSR count). The van der Waals surface area contributed by atoms with Crippen LogP contribution in [0.25, 0.3) is 0 Å². The number of halogens is 2. The lowest BCUT2D eigenvalue weighted by molar-refractivity contribution is -0.135. The van der Waals surface area contributed by atoms with Crippen molar-refractivity contribution in [1.82, 2.24) is 15.5 Å². The molecule has 1 saturated heterocycles. The van der Waals surface area contributed by atoms with Crippen LogP contribution >= 0.6 is 24.0 Å². The predicted molar refractivity (Wildman–Crippen MR) is 120 cm³/mol. The molecule has 1 aliphatic heterocycles. The van der Waals surface area contributed by atoms with Crippen LogP contribution in [0.2, 0.25) is 0 Å². The molecule has 0 spiro atoms. The van der Waals surface area contributed by atoms with Gasteiger partial charge in [0.05, 0.1) is 12.6 Å². The molecule has 1 aromatic rings. The Bertz CT molecular complexity index is 632. The summed E-state index contributed by atoms with van der Waals surface area (Å²) in [6.07, 6.45) is 0.943. The minimum atomic E-state index is -0.786. The molecule has 1 heterocycles. The van der Waals surface area contributed by atoms with E-state index < -0.39 is 6.10 Å². The van der Waals surface area contributed by atoms with Crippen molar-refractivity contribution in [3.8, 4) is 0 Å². The van der Waals surface area contributed by atoms with Crippen LogP contribution < -0.4 is 10.6 Å². The SMILES string of the molecule is CCNC(=NCC(O)c1ccc(F)cc1)NC1CCN(C(=O)C(C)C)CC1.I. The molecule has 0 bridgehead atoms. The molecule has 0 aliphatic carbocycles. The number of nitrogens with zero attached hydrogens (tertiary/aromatic N) is 2. The lowest BCUT2D eigenvalue weighted by Gasteiger charge is -2.34. The number of likely N-dealkylation sites (tertiary alicyclic amines) is 1. The summed E-state index contributed by atoms with van der Waals surface area (Å²) in [7, 11) is 0. The van der Waals surface area contributed by atoms with Crippen LogP contribution in [-0.2, 0) is 4.79 Å². The van der Waals surface area contributed by atoms with Crippen LogP contribution in [-0.4, -0.2) is 54.1 Å². The number of aliphatic hydroxyl groups is 1. The Balaban J connectivity index is 0.00000392. The fourth-order valence-electron chi connectivity index (χ4n) is 3.09. The molecule has 0 saturated carbocycles. The maximum Gasteiger partial charge on any atom is 0.225 e. The second kappa shape index (κ2) is 12.2. The van der Waals surface area contributed by atoms with Crippen molar-refractivity contribution in [3.63, 3.8) is 0 Å². The zero-order valence-electron chi connectivity index (χ0n) is 16.8. The third-order valence-electron chi connectivity index (χ3n) is 4.66. The number of hydrogen-bond donors (Lipinski definition) is 3. The molecule has 1 atom stereocenters. The Hall–Kier alpha value is -1.42. The molecule has 3 N–H and O–H groups in total. The van der Waals surface area contributed by atoms with Gasteiger partial charge in [0, 0.05) is 31.6 Å². The van der Waals surface area contributed by atoms with E-state index in [0.29, 0.717) is 18.1 Å². The zero-order chi connectivity index (χ0) is 19.8. The summed E-state index contributed by atoms with van der Waals surface area (Å²) in [5.41, 5.74) is 0.636. The van der Waals surface area contributed by atoms with Crippen LogP contribution in [0.1, 0.15) is 45.3 Å². The molecular formula is C20H32FIN4O2. The Morgan fingerprint density at radius 3 is 2.43 bits per heavy atom. The summed E-state index contributed by atoms with van der Waals surface area (Å²) >= 11 is 0. The van der Waals surface area contributed by atoms with E-state index in [1.54, 1.807) is 12.1 Å². The molecule has 28 heavy (non-hydrogen) atoms. The third-order valence-corrected chi connectivity index (χ3v) is 4.66. The number of carbonyl (C=O) groups excluding carboxylic acids is 1. The third kappa shape index (κ3) is 7.54. The van der Waals surface area contributed by atoms with Gasteiger partial charge < -0.3 is 20.6 Å². The first-order chi connectivity index (χ1) is 12.9. The summed E-state index contributed by atoms with van der Waals surface area (Å²) in [6, 6.07) is 6.03. The van der Waals surface area contributed by atoms with E-state index in [1.807, 2.05) is 25.7 Å². The molecule has 1 unspecified atom stereocenters. The van der Waals surface area contributed by atoms with Crippen LogP contribution in [0.15, 0.2) is 29.3 Å². The Morgan fingerprint density at radius 2 is 1.89 bits per heavy atom. The van der Waals surface area contributed by atoms with Crippen molar-refractivity contribution in [2.45, 2.75) is 45.8 Å². The lowest BCUT2D eigenvalue weighted by Crippen LogP contribution is -2.50. The number of amides is 1. The first-order valence-corrected chi connectivity index (χ1v) is 9.67. The number of piperidine rings is 1. The molecular weight excluding hydrogens is 474 g/mol. The normalized spacial score (nSPS) is 16.5. The first-order valence-electron chi connectivity index (χ1n) is 9.67. The number of guanidine groups is 1. The van der Waals surface area contributed by atoms with Crippen LogP contribution in [0.5, 0.6) is 0 Å². The number of nitrogens with one attached hydrogen (secondary N) is 2. The first kappa shape index (κ1) is 24.6.